The van der Waals surface area contributed by atoms with Gasteiger partial charge in [0.1, 0.15) is 0 Å². The van der Waals surface area contributed by atoms with Gasteiger partial charge in [-0.2, -0.15) is 0 Å². The van der Waals surface area contributed by atoms with Gasteiger partial charge in [0, 0.05) is 25.4 Å². The van der Waals surface area contributed by atoms with E-state index in [9.17, 15) is 0 Å². The van der Waals surface area contributed by atoms with Crippen LogP contribution in [0.3, 0.4) is 0 Å². The molecule has 2 rings (SSSR count). The third-order valence-electron chi connectivity index (χ3n) is 3.04. The van der Waals surface area contributed by atoms with E-state index in [1.807, 2.05) is 6.20 Å². The number of rotatable bonds is 5. The molecule has 0 amide bonds. The zero-order chi connectivity index (χ0) is 11.4. The summed E-state index contributed by atoms with van der Waals surface area (Å²) in [5.74, 6) is 0. The number of aromatic nitrogens is 1. The van der Waals surface area contributed by atoms with Crippen molar-refractivity contribution in [2.75, 3.05) is 6.61 Å². The molecule has 3 heteroatoms. The fraction of sp³-hybridized carbons (Fsp3) is 0.615. The van der Waals surface area contributed by atoms with Gasteiger partial charge in [-0.25, -0.2) is 0 Å². The van der Waals surface area contributed by atoms with Crippen LogP contribution in [0, 0.1) is 6.92 Å². The minimum Gasteiger partial charge on any atom is -0.378 e. The smallest absolute Gasteiger partial charge is 0.0604 e. The quantitative estimate of drug-likeness (QED) is 0.824. The van der Waals surface area contributed by atoms with Crippen molar-refractivity contribution in [2.45, 2.75) is 45.4 Å². The molecule has 1 aliphatic rings. The zero-order valence-corrected chi connectivity index (χ0v) is 10.1. The van der Waals surface area contributed by atoms with Gasteiger partial charge in [-0.3, -0.25) is 4.98 Å². The highest BCUT2D eigenvalue weighted by Gasteiger charge is 2.28. The van der Waals surface area contributed by atoms with Gasteiger partial charge in [0.15, 0.2) is 0 Å². The van der Waals surface area contributed by atoms with Crippen LogP contribution in [0.4, 0.5) is 0 Å². The average Bonchev–Trinajstić information content (AvgIpc) is 2.24. The summed E-state index contributed by atoms with van der Waals surface area (Å²) in [5, 5.41) is 3.50. The number of nitrogens with zero attached hydrogens (tertiary/aromatic N) is 1. The molecule has 88 valence electrons. The van der Waals surface area contributed by atoms with E-state index in [-0.39, 0.29) is 0 Å². The maximum atomic E-state index is 5.52. The Morgan fingerprint density at radius 3 is 2.88 bits per heavy atom. The van der Waals surface area contributed by atoms with Crippen molar-refractivity contribution in [3.8, 4) is 0 Å². The van der Waals surface area contributed by atoms with E-state index < -0.39 is 0 Å². The Morgan fingerprint density at radius 1 is 1.44 bits per heavy atom. The average molecular weight is 220 g/mol. The highest BCUT2D eigenvalue weighted by atomic mass is 16.5. The highest BCUT2D eigenvalue weighted by Crippen LogP contribution is 2.23. The van der Waals surface area contributed by atoms with Crippen LogP contribution < -0.4 is 5.32 Å². The lowest BCUT2D eigenvalue weighted by atomic mass is 9.89. The van der Waals surface area contributed by atoms with Crippen LogP contribution in [0.2, 0.25) is 0 Å². The summed E-state index contributed by atoms with van der Waals surface area (Å²) in [4.78, 5) is 4.37. The van der Waals surface area contributed by atoms with E-state index in [4.69, 9.17) is 4.74 Å². The molecule has 1 aliphatic carbocycles. The van der Waals surface area contributed by atoms with Crippen LogP contribution in [0.5, 0.6) is 0 Å². The van der Waals surface area contributed by atoms with Gasteiger partial charge in [0.2, 0.25) is 0 Å². The Labute approximate surface area is 97.2 Å². The summed E-state index contributed by atoms with van der Waals surface area (Å²) in [5.41, 5.74) is 2.33. The summed E-state index contributed by atoms with van der Waals surface area (Å²) in [6, 6.07) is 4.80. The normalized spacial score (nSPS) is 24.1. The molecule has 0 unspecified atom stereocenters. The lowest BCUT2D eigenvalue weighted by molar-refractivity contribution is -0.0103. The fourth-order valence-corrected chi connectivity index (χ4v) is 1.96. The van der Waals surface area contributed by atoms with Crippen LogP contribution in [-0.4, -0.2) is 23.7 Å². The van der Waals surface area contributed by atoms with Gasteiger partial charge in [-0.1, -0.05) is 6.07 Å². The third kappa shape index (κ3) is 3.03. The van der Waals surface area contributed by atoms with Gasteiger partial charge in [-0.15, -0.1) is 0 Å². The molecule has 16 heavy (non-hydrogen) atoms. The summed E-state index contributed by atoms with van der Waals surface area (Å²) >= 11 is 0. The van der Waals surface area contributed by atoms with Crippen molar-refractivity contribution < 1.29 is 4.74 Å². The van der Waals surface area contributed by atoms with Crippen LogP contribution in [0.25, 0.3) is 0 Å². The molecule has 3 nitrogen and oxygen atoms in total. The van der Waals surface area contributed by atoms with Crippen molar-refractivity contribution in [2.24, 2.45) is 0 Å². The molecule has 0 atom stereocenters. The van der Waals surface area contributed by atoms with Gasteiger partial charge in [0.05, 0.1) is 11.8 Å². The first-order chi connectivity index (χ1) is 7.78. The molecule has 0 saturated heterocycles. The standard InChI is InChI=1S/C13H20N2O/c1-3-16-13-6-12(7-13)15-9-11-5-4-10(2)8-14-11/h4-5,8,12-13,15H,3,6-7,9H2,1-2H3. The van der Waals surface area contributed by atoms with Crippen LogP contribution in [-0.2, 0) is 11.3 Å². The van der Waals surface area contributed by atoms with E-state index >= 15 is 0 Å². The van der Waals surface area contributed by atoms with Gasteiger partial charge in [0.25, 0.3) is 0 Å². The lowest BCUT2D eigenvalue weighted by Crippen LogP contribution is -2.45. The van der Waals surface area contributed by atoms with E-state index in [0.29, 0.717) is 12.1 Å². The van der Waals surface area contributed by atoms with Gasteiger partial charge < -0.3 is 10.1 Å². The first kappa shape index (κ1) is 11.6. The topological polar surface area (TPSA) is 34.1 Å². The molecule has 1 fully saturated rings. The molecule has 1 saturated carbocycles. The monoisotopic (exact) mass is 220 g/mol. The molecule has 0 bridgehead atoms. The molecular formula is C13H20N2O. The number of hydrogen-bond acceptors (Lipinski definition) is 3. The highest BCUT2D eigenvalue weighted by molar-refractivity contribution is 5.12. The van der Waals surface area contributed by atoms with Crippen molar-refractivity contribution in [1.82, 2.24) is 10.3 Å². The molecule has 1 aromatic heterocycles. The summed E-state index contributed by atoms with van der Waals surface area (Å²) < 4.78 is 5.52. The maximum Gasteiger partial charge on any atom is 0.0604 e. The van der Waals surface area contributed by atoms with Crippen molar-refractivity contribution in [1.29, 1.82) is 0 Å². The molecule has 1 heterocycles. The van der Waals surface area contributed by atoms with Crippen molar-refractivity contribution >= 4 is 0 Å². The lowest BCUT2D eigenvalue weighted by Gasteiger charge is -2.35. The molecule has 1 N–H and O–H groups in total. The Balaban J connectivity index is 1.67. The number of hydrogen-bond donors (Lipinski definition) is 1. The van der Waals surface area contributed by atoms with Gasteiger partial charge in [-0.05, 0) is 38.3 Å². The minimum absolute atomic E-state index is 0.480. The largest absolute Gasteiger partial charge is 0.378 e. The predicted octanol–water partition coefficient (Wildman–Crippen LogP) is 2.05. The van der Waals surface area contributed by atoms with E-state index in [2.05, 4.69) is 36.3 Å². The predicted molar refractivity (Wildman–Crippen MR) is 64.2 cm³/mol. The first-order valence-corrected chi connectivity index (χ1v) is 6.04. The summed E-state index contributed by atoms with van der Waals surface area (Å²) in [6.45, 7) is 5.81. The number of pyridine rings is 1. The molecular weight excluding hydrogens is 200 g/mol. The first-order valence-electron chi connectivity index (χ1n) is 6.04. The summed E-state index contributed by atoms with van der Waals surface area (Å²) in [6.07, 6.45) is 4.67. The second-order valence-corrected chi connectivity index (χ2v) is 4.45. The zero-order valence-electron chi connectivity index (χ0n) is 10.1. The Hall–Kier alpha value is -0.930. The van der Waals surface area contributed by atoms with Crippen molar-refractivity contribution in [3.63, 3.8) is 0 Å². The molecule has 0 aliphatic heterocycles. The Bertz CT molecular complexity index is 317. The van der Waals surface area contributed by atoms with E-state index in [1.54, 1.807) is 0 Å². The second-order valence-electron chi connectivity index (χ2n) is 4.45. The Kier molecular flexibility index (Phi) is 3.91. The van der Waals surface area contributed by atoms with Crippen molar-refractivity contribution in [3.05, 3.63) is 29.6 Å². The Morgan fingerprint density at radius 2 is 2.25 bits per heavy atom. The third-order valence-corrected chi connectivity index (χ3v) is 3.04. The SMILES string of the molecule is CCOC1CC(NCc2ccc(C)cn2)C1. The second kappa shape index (κ2) is 5.41. The minimum atomic E-state index is 0.480. The van der Waals surface area contributed by atoms with Crippen LogP contribution >= 0.6 is 0 Å². The van der Waals surface area contributed by atoms with Crippen LogP contribution in [0.1, 0.15) is 31.0 Å². The van der Waals surface area contributed by atoms with E-state index in [1.165, 1.54) is 5.56 Å². The molecule has 0 radical (unpaired) electrons. The number of aryl methyl sites for hydroxylation is 1. The van der Waals surface area contributed by atoms with Crippen LogP contribution in [0.15, 0.2) is 18.3 Å². The maximum absolute atomic E-state index is 5.52. The van der Waals surface area contributed by atoms with Gasteiger partial charge >= 0.3 is 0 Å². The molecule has 0 spiro atoms. The van der Waals surface area contributed by atoms with E-state index in [0.717, 1.165) is 31.7 Å². The molecule has 1 aromatic rings. The summed E-state index contributed by atoms with van der Waals surface area (Å²) in [7, 11) is 0. The number of ether oxygens (including phenoxy) is 1. The molecule has 0 aromatic carbocycles. The fourth-order valence-electron chi connectivity index (χ4n) is 1.96. The number of nitrogens with one attached hydrogen (secondary N) is 1.